The van der Waals surface area contributed by atoms with Crippen LogP contribution in [0.5, 0.6) is 0 Å². The topological polar surface area (TPSA) is 88.5 Å². The lowest BCUT2D eigenvalue weighted by Crippen LogP contribution is -2.10. The standard InChI is InChI=1S/C23H20N6OS/c1-14-19-12-20(31-23(19)29(28-14)13-16-7-4-3-5-8-16)22(30)25-18-10-6-9-17(11-18)21-24-15(2)26-27-21/h3-12H,13H2,1-2H3,(H,25,30)(H,24,26,27). The van der Waals surface area contributed by atoms with Crippen LogP contribution in [0, 0.1) is 13.8 Å². The van der Waals surface area contributed by atoms with Gasteiger partial charge in [0.05, 0.1) is 17.1 Å². The van der Waals surface area contributed by atoms with Crippen molar-refractivity contribution in [3.05, 3.63) is 82.6 Å². The van der Waals surface area contributed by atoms with Gasteiger partial charge >= 0.3 is 0 Å². The number of benzene rings is 2. The van der Waals surface area contributed by atoms with E-state index in [1.165, 1.54) is 16.9 Å². The SMILES string of the molecule is Cc1nc(-c2cccc(NC(=O)c3cc4c(C)nn(Cc5ccccc5)c4s3)c2)n[nH]1. The maximum absolute atomic E-state index is 12.9. The molecule has 7 nitrogen and oxygen atoms in total. The predicted octanol–water partition coefficient (Wildman–Crippen LogP) is 4.80. The van der Waals surface area contributed by atoms with Gasteiger partial charge in [-0.25, -0.2) is 4.98 Å². The Morgan fingerprint density at radius 2 is 1.94 bits per heavy atom. The lowest BCUT2D eigenvalue weighted by Gasteiger charge is -2.05. The van der Waals surface area contributed by atoms with Crippen molar-refractivity contribution in [1.82, 2.24) is 25.0 Å². The number of nitrogens with zero attached hydrogens (tertiary/aromatic N) is 4. The van der Waals surface area contributed by atoms with Gasteiger partial charge in [0.25, 0.3) is 5.91 Å². The Kier molecular flexibility index (Phi) is 4.83. The molecule has 3 aromatic heterocycles. The summed E-state index contributed by atoms with van der Waals surface area (Å²) in [7, 11) is 0. The largest absolute Gasteiger partial charge is 0.321 e. The molecule has 0 aliphatic heterocycles. The number of hydrogen-bond acceptors (Lipinski definition) is 5. The van der Waals surface area contributed by atoms with Crippen molar-refractivity contribution >= 4 is 33.1 Å². The predicted molar refractivity (Wildman–Crippen MR) is 122 cm³/mol. The Morgan fingerprint density at radius 1 is 1.10 bits per heavy atom. The fourth-order valence-electron chi connectivity index (χ4n) is 3.49. The fourth-order valence-corrected chi connectivity index (χ4v) is 4.54. The van der Waals surface area contributed by atoms with Gasteiger partial charge in [-0.2, -0.15) is 10.2 Å². The molecule has 0 radical (unpaired) electrons. The van der Waals surface area contributed by atoms with Gasteiger partial charge in [-0.1, -0.05) is 42.5 Å². The van der Waals surface area contributed by atoms with Gasteiger partial charge in [-0.15, -0.1) is 11.3 Å². The molecule has 5 rings (SSSR count). The minimum absolute atomic E-state index is 0.143. The molecule has 2 N–H and O–H groups in total. The van der Waals surface area contributed by atoms with E-state index in [-0.39, 0.29) is 5.91 Å². The first kappa shape index (κ1) is 19.2. The maximum atomic E-state index is 12.9. The Hall–Kier alpha value is -3.78. The number of aromatic nitrogens is 5. The first-order chi connectivity index (χ1) is 15.1. The number of anilines is 1. The molecule has 0 bridgehead atoms. The number of carbonyl (C=O) groups excluding carboxylic acids is 1. The molecule has 3 heterocycles. The van der Waals surface area contributed by atoms with E-state index in [0.29, 0.717) is 22.9 Å². The highest BCUT2D eigenvalue weighted by Crippen LogP contribution is 2.30. The number of fused-ring (bicyclic) bond motifs is 1. The number of nitrogens with one attached hydrogen (secondary N) is 2. The quantitative estimate of drug-likeness (QED) is 0.421. The van der Waals surface area contributed by atoms with Crippen molar-refractivity contribution in [1.29, 1.82) is 0 Å². The summed E-state index contributed by atoms with van der Waals surface area (Å²) in [5.74, 6) is 1.21. The van der Waals surface area contributed by atoms with E-state index in [2.05, 4.69) is 37.7 Å². The van der Waals surface area contributed by atoms with Crippen LogP contribution in [0.4, 0.5) is 5.69 Å². The van der Waals surface area contributed by atoms with Crippen LogP contribution in [0.2, 0.25) is 0 Å². The molecule has 0 atom stereocenters. The van der Waals surface area contributed by atoms with E-state index in [1.807, 2.05) is 67.1 Å². The van der Waals surface area contributed by atoms with Crippen molar-refractivity contribution in [2.75, 3.05) is 5.32 Å². The van der Waals surface area contributed by atoms with Gasteiger partial charge < -0.3 is 5.32 Å². The number of H-pyrrole nitrogens is 1. The van der Waals surface area contributed by atoms with E-state index in [0.717, 1.165) is 27.3 Å². The average molecular weight is 429 g/mol. The van der Waals surface area contributed by atoms with Crippen LogP contribution < -0.4 is 5.32 Å². The molecule has 0 aliphatic carbocycles. The van der Waals surface area contributed by atoms with Crippen molar-refractivity contribution in [2.45, 2.75) is 20.4 Å². The van der Waals surface area contributed by atoms with Gasteiger partial charge in [-0.05, 0) is 37.6 Å². The minimum Gasteiger partial charge on any atom is -0.321 e. The second-order valence-corrected chi connectivity index (χ2v) is 8.37. The third kappa shape index (κ3) is 3.85. The zero-order chi connectivity index (χ0) is 21.4. The zero-order valence-corrected chi connectivity index (χ0v) is 17.9. The summed E-state index contributed by atoms with van der Waals surface area (Å²) >= 11 is 1.45. The van der Waals surface area contributed by atoms with E-state index in [1.54, 1.807) is 0 Å². The molecule has 0 aliphatic rings. The normalized spacial score (nSPS) is 11.2. The third-order valence-corrected chi connectivity index (χ3v) is 6.13. The van der Waals surface area contributed by atoms with E-state index in [4.69, 9.17) is 0 Å². The second-order valence-electron chi connectivity index (χ2n) is 7.34. The van der Waals surface area contributed by atoms with Gasteiger partial charge in [0.2, 0.25) is 0 Å². The fraction of sp³-hybridized carbons (Fsp3) is 0.130. The third-order valence-electron chi connectivity index (χ3n) is 4.98. The monoisotopic (exact) mass is 428 g/mol. The zero-order valence-electron chi connectivity index (χ0n) is 17.1. The van der Waals surface area contributed by atoms with Gasteiger partial charge in [0.1, 0.15) is 10.7 Å². The van der Waals surface area contributed by atoms with Crippen molar-refractivity contribution in [3.8, 4) is 11.4 Å². The summed E-state index contributed by atoms with van der Waals surface area (Å²) in [6, 6.07) is 19.6. The molecule has 2 aromatic carbocycles. The molecule has 1 amide bonds. The molecule has 154 valence electrons. The summed E-state index contributed by atoms with van der Waals surface area (Å²) in [6.07, 6.45) is 0. The summed E-state index contributed by atoms with van der Waals surface area (Å²) in [4.78, 5) is 18.9. The highest BCUT2D eigenvalue weighted by Gasteiger charge is 2.17. The number of amides is 1. The molecule has 0 saturated carbocycles. The second kappa shape index (κ2) is 7.81. The Morgan fingerprint density at radius 3 is 2.71 bits per heavy atom. The Bertz CT molecular complexity index is 1380. The van der Waals surface area contributed by atoms with Crippen molar-refractivity contribution < 1.29 is 4.79 Å². The summed E-state index contributed by atoms with van der Waals surface area (Å²) < 4.78 is 1.97. The average Bonchev–Trinajstić information content (AvgIpc) is 3.47. The molecule has 0 unspecified atom stereocenters. The molecule has 31 heavy (non-hydrogen) atoms. The summed E-state index contributed by atoms with van der Waals surface area (Å²) in [5.41, 5.74) is 3.63. The van der Waals surface area contributed by atoms with Crippen LogP contribution in [-0.2, 0) is 6.54 Å². The van der Waals surface area contributed by atoms with E-state index < -0.39 is 0 Å². The summed E-state index contributed by atoms with van der Waals surface area (Å²) in [5, 5.41) is 15.7. The minimum atomic E-state index is -0.143. The van der Waals surface area contributed by atoms with Crippen LogP contribution >= 0.6 is 11.3 Å². The van der Waals surface area contributed by atoms with Crippen LogP contribution in [0.1, 0.15) is 26.8 Å². The number of rotatable bonds is 5. The Balaban J connectivity index is 1.40. The molecule has 0 fully saturated rings. The van der Waals surface area contributed by atoms with Crippen LogP contribution in [0.15, 0.2) is 60.7 Å². The van der Waals surface area contributed by atoms with E-state index in [9.17, 15) is 4.79 Å². The maximum Gasteiger partial charge on any atom is 0.265 e. The summed E-state index contributed by atoms with van der Waals surface area (Å²) in [6.45, 7) is 4.50. The highest BCUT2D eigenvalue weighted by molar-refractivity contribution is 7.20. The molecule has 0 saturated heterocycles. The molecular weight excluding hydrogens is 408 g/mol. The molecule has 8 heteroatoms. The lowest BCUT2D eigenvalue weighted by molar-refractivity contribution is 0.103. The lowest BCUT2D eigenvalue weighted by atomic mass is 10.2. The molecule has 5 aromatic rings. The van der Waals surface area contributed by atoms with Crippen LogP contribution in [0.3, 0.4) is 0 Å². The number of aromatic amines is 1. The highest BCUT2D eigenvalue weighted by atomic mass is 32.1. The van der Waals surface area contributed by atoms with E-state index >= 15 is 0 Å². The van der Waals surface area contributed by atoms with Crippen molar-refractivity contribution in [3.63, 3.8) is 0 Å². The van der Waals surface area contributed by atoms with Crippen LogP contribution in [-0.4, -0.2) is 30.9 Å². The number of thiophene rings is 1. The van der Waals surface area contributed by atoms with Crippen LogP contribution in [0.25, 0.3) is 21.6 Å². The number of hydrogen-bond donors (Lipinski definition) is 2. The number of carbonyl (C=O) groups is 1. The molecular formula is C23H20N6OS. The smallest absolute Gasteiger partial charge is 0.265 e. The first-order valence-corrected chi connectivity index (χ1v) is 10.7. The first-order valence-electron chi connectivity index (χ1n) is 9.88. The number of aryl methyl sites for hydroxylation is 2. The van der Waals surface area contributed by atoms with Gasteiger partial charge in [-0.3, -0.25) is 14.6 Å². The van der Waals surface area contributed by atoms with Crippen molar-refractivity contribution in [2.24, 2.45) is 0 Å². The molecule has 0 spiro atoms. The van der Waals surface area contributed by atoms with Gasteiger partial charge in [0, 0.05) is 16.6 Å². The van der Waals surface area contributed by atoms with Gasteiger partial charge in [0.15, 0.2) is 5.82 Å². The Labute approximate surface area is 182 Å².